The molecular formula is C15H18N2O2S. The first kappa shape index (κ1) is 14.5. The fraction of sp³-hybridized carbons (Fsp3) is 0.333. The summed E-state index contributed by atoms with van der Waals surface area (Å²) in [6, 6.07) is 9.46. The lowest BCUT2D eigenvalue weighted by molar-refractivity contribution is 0.257. The molecule has 1 aromatic heterocycles. The number of aromatic nitrogens is 2. The Morgan fingerprint density at radius 1 is 1.20 bits per heavy atom. The second-order valence-electron chi connectivity index (χ2n) is 4.88. The highest BCUT2D eigenvalue weighted by Crippen LogP contribution is 2.32. The predicted octanol–water partition coefficient (Wildman–Crippen LogP) is 3.85. The Morgan fingerprint density at radius 2 is 2.00 bits per heavy atom. The lowest BCUT2D eigenvalue weighted by Gasteiger charge is -2.13. The number of benzene rings is 1. The van der Waals surface area contributed by atoms with Crippen LogP contribution in [0.25, 0.3) is 11.3 Å². The lowest BCUT2D eigenvalue weighted by atomic mass is 10.1. The van der Waals surface area contributed by atoms with E-state index in [1.54, 1.807) is 7.11 Å². The number of nitrogens with zero attached hydrogens (tertiary/aromatic N) is 1. The third-order valence-electron chi connectivity index (χ3n) is 2.71. The molecule has 1 heterocycles. The molecule has 106 valence electrons. The van der Waals surface area contributed by atoms with Crippen LogP contribution >= 0.6 is 12.2 Å². The average molecular weight is 290 g/mol. The van der Waals surface area contributed by atoms with Crippen molar-refractivity contribution in [2.24, 2.45) is 5.92 Å². The Hall–Kier alpha value is -1.88. The summed E-state index contributed by atoms with van der Waals surface area (Å²) in [5.41, 5.74) is 1.77. The number of H-pyrrole nitrogens is 1. The number of hydrogen-bond acceptors (Lipinski definition) is 4. The maximum atomic E-state index is 5.79. The summed E-state index contributed by atoms with van der Waals surface area (Å²) in [4.78, 5) is 0. The van der Waals surface area contributed by atoms with Gasteiger partial charge in [-0.15, -0.1) is 0 Å². The largest absolute Gasteiger partial charge is 0.493 e. The maximum absolute atomic E-state index is 5.79. The number of nitrogens with one attached hydrogen (secondary N) is 1. The van der Waals surface area contributed by atoms with Gasteiger partial charge in [-0.25, -0.2) is 0 Å². The van der Waals surface area contributed by atoms with Crippen LogP contribution in [0.2, 0.25) is 0 Å². The smallest absolute Gasteiger partial charge is 0.161 e. The second-order valence-corrected chi connectivity index (χ2v) is 5.32. The van der Waals surface area contributed by atoms with Crippen molar-refractivity contribution in [3.8, 4) is 22.8 Å². The zero-order valence-electron chi connectivity index (χ0n) is 11.8. The van der Waals surface area contributed by atoms with E-state index in [2.05, 4.69) is 24.0 Å². The van der Waals surface area contributed by atoms with Crippen LogP contribution < -0.4 is 9.47 Å². The van der Waals surface area contributed by atoms with Crippen molar-refractivity contribution in [3.05, 3.63) is 35.0 Å². The van der Waals surface area contributed by atoms with Crippen molar-refractivity contribution in [1.29, 1.82) is 0 Å². The Kier molecular flexibility index (Phi) is 4.74. The molecule has 2 rings (SSSR count). The molecule has 0 unspecified atom stereocenters. The second kappa shape index (κ2) is 6.52. The van der Waals surface area contributed by atoms with Crippen LogP contribution in [-0.4, -0.2) is 23.9 Å². The molecule has 0 bridgehead atoms. The fourth-order valence-corrected chi connectivity index (χ4v) is 1.82. The number of methoxy groups -OCH3 is 1. The highest BCUT2D eigenvalue weighted by Gasteiger charge is 2.09. The van der Waals surface area contributed by atoms with Crippen molar-refractivity contribution in [1.82, 2.24) is 10.2 Å². The molecule has 0 aliphatic heterocycles. The molecule has 0 saturated carbocycles. The maximum Gasteiger partial charge on any atom is 0.161 e. The van der Waals surface area contributed by atoms with Crippen LogP contribution in [0.3, 0.4) is 0 Å². The Labute approximate surface area is 123 Å². The summed E-state index contributed by atoms with van der Waals surface area (Å²) < 4.78 is 11.7. The van der Waals surface area contributed by atoms with Gasteiger partial charge in [0.05, 0.1) is 19.4 Å². The molecule has 0 saturated heterocycles. The molecule has 0 amide bonds. The third-order valence-corrected chi connectivity index (χ3v) is 2.94. The summed E-state index contributed by atoms with van der Waals surface area (Å²) >= 11 is 4.99. The SMILES string of the molecule is COc1ccc(-c2ccc(=S)[nH]n2)cc1OCC(C)C. The van der Waals surface area contributed by atoms with Crippen LogP contribution in [0.15, 0.2) is 30.3 Å². The van der Waals surface area contributed by atoms with E-state index in [0.717, 1.165) is 22.8 Å². The Bertz CT molecular complexity index is 618. The van der Waals surface area contributed by atoms with E-state index in [-0.39, 0.29) is 0 Å². The number of rotatable bonds is 5. The molecule has 0 aliphatic rings. The van der Waals surface area contributed by atoms with Crippen molar-refractivity contribution in [2.75, 3.05) is 13.7 Å². The molecule has 0 spiro atoms. The minimum atomic E-state index is 0.453. The predicted molar refractivity (Wildman–Crippen MR) is 81.7 cm³/mol. The first-order valence-corrected chi connectivity index (χ1v) is 6.88. The van der Waals surface area contributed by atoms with Gasteiger partial charge in [-0.1, -0.05) is 26.1 Å². The molecule has 1 aromatic carbocycles. The molecule has 0 radical (unpaired) electrons. The highest BCUT2D eigenvalue weighted by molar-refractivity contribution is 7.71. The van der Waals surface area contributed by atoms with Crippen LogP contribution in [-0.2, 0) is 0 Å². The standard InChI is InChI=1S/C15H18N2O2S/c1-10(2)9-19-14-8-11(4-6-13(14)18-3)12-5-7-15(20)17-16-12/h4-8,10H,9H2,1-3H3,(H,17,20). The van der Waals surface area contributed by atoms with Gasteiger partial charge in [0.25, 0.3) is 0 Å². The van der Waals surface area contributed by atoms with Gasteiger partial charge in [-0.3, -0.25) is 5.10 Å². The van der Waals surface area contributed by atoms with Gasteiger partial charge in [0.2, 0.25) is 0 Å². The van der Waals surface area contributed by atoms with Gasteiger partial charge in [-0.2, -0.15) is 5.10 Å². The normalized spacial score (nSPS) is 10.6. The molecule has 5 heteroatoms. The molecule has 0 fully saturated rings. The molecule has 2 aromatic rings. The van der Waals surface area contributed by atoms with Crippen LogP contribution in [0.1, 0.15) is 13.8 Å². The van der Waals surface area contributed by atoms with E-state index in [0.29, 0.717) is 17.2 Å². The monoisotopic (exact) mass is 290 g/mol. The highest BCUT2D eigenvalue weighted by atomic mass is 32.1. The minimum absolute atomic E-state index is 0.453. The van der Waals surface area contributed by atoms with Gasteiger partial charge >= 0.3 is 0 Å². The van der Waals surface area contributed by atoms with E-state index in [4.69, 9.17) is 21.7 Å². The molecular weight excluding hydrogens is 272 g/mol. The number of ether oxygens (including phenoxy) is 2. The molecule has 20 heavy (non-hydrogen) atoms. The minimum Gasteiger partial charge on any atom is -0.493 e. The van der Waals surface area contributed by atoms with E-state index in [9.17, 15) is 0 Å². The summed E-state index contributed by atoms with van der Waals surface area (Å²) in [6.07, 6.45) is 0. The van der Waals surface area contributed by atoms with Crippen molar-refractivity contribution in [2.45, 2.75) is 13.8 Å². The van der Waals surface area contributed by atoms with Gasteiger partial charge in [0.15, 0.2) is 11.5 Å². The first-order chi connectivity index (χ1) is 9.60. The molecule has 4 nitrogen and oxygen atoms in total. The van der Waals surface area contributed by atoms with Gasteiger partial charge in [0, 0.05) is 5.56 Å². The Morgan fingerprint density at radius 3 is 2.60 bits per heavy atom. The summed E-state index contributed by atoms with van der Waals surface area (Å²) in [5.74, 6) is 1.90. The van der Waals surface area contributed by atoms with E-state index < -0.39 is 0 Å². The van der Waals surface area contributed by atoms with E-state index in [1.165, 1.54) is 0 Å². The van der Waals surface area contributed by atoms with E-state index >= 15 is 0 Å². The van der Waals surface area contributed by atoms with Crippen LogP contribution in [0.4, 0.5) is 0 Å². The first-order valence-electron chi connectivity index (χ1n) is 6.47. The fourth-order valence-electron chi connectivity index (χ4n) is 1.71. The van der Waals surface area contributed by atoms with Crippen molar-refractivity contribution < 1.29 is 9.47 Å². The summed E-state index contributed by atoms with van der Waals surface area (Å²) in [7, 11) is 1.63. The van der Waals surface area contributed by atoms with E-state index in [1.807, 2.05) is 30.3 Å². The number of aromatic amines is 1. The summed E-state index contributed by atoms with van der Waals surface area (Å²) in [5, 5.41) is 7.00. The summed E-state index contributed by atoms with van der Waals surface area (Å²) in [6.45, 7) is 4.86. The quantitative estimate of drug-likeness (QED) is 0.850. The van der Waals surface area contributed by atoms with Crippen LogP contribution in [0, 0.1) is 10.6 Å². The molecule has 0 aliphatic carbocycles. The average Bonchev–Trinajstić information content (AvgIpc) is 2.45. The van der Waals surface area contributed by atoms with Crippen LogP contribution in [0.5, 0.6) is 11.5 Å². The van der Waals surface area contributed by atoms with Gasteiger partial charge in [-0.05, 0) is 36.2 Å². The van der Waals surface area contributed by atoms with Gasteiger partial charge in [0.1, 0.15) is 4.64 Å². The lowest BCUT2D eigenvalue weighted by Crippen LogP contribution is -2.05. The third kappa shape index (κ3) is 3.57. The van der Waals surface area contributed by atoms with Gasteiger partial charge < -0.3 is 9.47 Å². The molecule has 1 N–H and O–H groups in total. The molecule has 0 atom stereocenters. The number of hydrogen-bond donors (Lipinski definition) is 1. The van der Waals surface area contributed by atoms with Crippen molar-refractivity contribution in [3.63, 3.8) is 0 Å². The Balaban J connectivity index is 2.33. The van der Waals surface area contributed by atoms with Crippen molar-refractivity contribution >= 4 is 12.2 Å². The zero-order chi connectivity index (χ0) is 14.5. The topological polar surface area (TPSA) is 47.1 Å². The zero-order valence-corrected chi connectivity index (χ0v) is 12.7.